The fourth-order valence-corrected chi connectivity index (χ4v) is 6.69. The molecule has 0 saturated carbocycles. The molecule has 1 unspecified atom stereocenters. The number of piperidine rings is 1. The zero-order chi connectivity index (χ0) is 26.4. The fraction of sp³-hybridized carbons (Fsp3) is 0.500. The van der Waals surface area contributed by atoms with E-state index in [1.165, 1.54) is 11.8 Å². The van der Waals surface area contributed by atoms with E-state index < -0.39 is 15.7 Å². The second-order valence-electron chi connectivity index (χ2n) is 10.3. The minimum absolute atomic E-state index is 0.0169. The molecule has 3 aromatic rings. The summed E-state index contributed by atoms with van der Waals surface area (Å²) in [5.74, 6) is 1.95. The van der Waals surface area contributed by atoms with Crippen LogP contribution in [0.1, 0.15) is 44.7 Å². The summed E-state index contributed by atoms with van der Waals surface area (Å²) in [4.78, 5) is 16.3. The topological polar surface area (TPSA) is 138 Å². The van der Waals surface area contributed by atoms with Crippen LogP contribution in [0.2, 0.25) is 5.02 Å². The molecule has 2 atom stereocenters. The predicted molar refractivity (Wildman–Crippen MR) is 146 cm³/mol. The van der Waals surface area contributed by atoms with Crippen LogP contribution in [0.4, 0.5) is 11.6 Å². The van der Waals surface area contributed by atoms with E-state index in [0.717, 1.165) is 60.3 Å². The smallest absolute Gasteiger partial charge is 0.232 e. The van der Waals surface area contributed by atoms with Gasteiger partial charge in [0.25, 0.3) is 0 Å². The number of hydrogen-bond acceptors (Lipinski definition) is 9. The molecule has 0 amide bonds. The van der Waals surface area contributed by atoms with Crippen molar-refractivity contribution in [1.82, 2.24) is 24.7 Å². The number of anilines is 2. The highest BCUT2D eigenvalue weighted by Crippen LogP contribution is 2.54. The van der Waals surface area contributed by atoms with Crippen LogP contribution in [0.5, 0.6) is 5.88 Å². The van der Waals surface area contributed by atoms with Crippen molar-refractivity contribution in [1.29, 1.82) is 0 Å². The Balaban J connectivity index is 1.30. The number of fused-ring (bicyclic) bond motifs is 1. The maximum absolute atomic E-state index is 12.3. The summed E-state index contributed by atoms with van der Waals surface area (Å²) in [6, 6.07) is 3.83. The van der Waals surface area contributed by atoms with Crippen LogP contribution < -0.4 is 20.5 Å². The molecule has 1 spiro atoms. The molecule has 3 aromatic heterocycles. The lowest BCUT2D eigenvalue weighted by atomic mass is 9.67. The maximum Gasteiger partial charge on any atom is 0.232 e. The van der Waals surface area contributed by atoms with Crippen molar-refractivity contribution < 1.29 is 8.95 Å². The van der Waals surface area contributed by atoms with Crippen molar-refractivity contribution in [3.05, 3.63) is 41.4 Å². The second-order valence-corrected chi connectivity index (χ2v) is 13.4. The van der Waals surface area contributed by atoms with Gasteiger partial charge in [0.2, 0.25) is 5.88 Å². The van der Waals surface area contributed by atoms with Crippen LogP contribution in [-0.2, 0) is 17.5 Å². The van der Waals surface area contributed by atoms with Crippen molar-refractivity contribution in [3.8, 4) is 5.88 Å². The number of rotatable bonds is 7. The van der Waals surface area contributed by atoms with E-state index in [1.807, 2.05) is 32.2 Å². The number of halogens is 1. The molecule has 1 saturated heterocycles. The highest BCUT2D eigenvalue weighted by Gasteiger charge is 2.51. The van der Waals surface area contributed by atoms with E-state index in [1.54, 1.807) is 19.5 Å². The minimum Gasteiger partial charge on any atom is -0.480 e. The van der Waals surface area contributed by atoms with Crippen LogP contribution in [0.15, 0.2) is 40.6 Å². The molecule has 13 heteroatoms. The first-order chi connectivity index (χ1) is 17.6. The molecule has 198 valence electrons. The molecule has 4 N–H and O–H groups in total. The van der Waals surface area contributed by atoms with Crippen molar-refractivity contribution in [3.63, 3.8) is 0 Å². The number of methoxy groups -OCH3 is 1. The van der Waals surface area contributed by atoms with Crippen molar-refractivity contribution in [2.24, 2.45) is 10.6 Å². The van der Waals surface area contributed by atoms with Gasteiger partial charge in [0, 0.05) is 53.8 Å². The molecule has 5 heterocycles. The lowest BCUT2D eigenvalue weighted by molar-refractivity contribution is 0.155. The Bertz CT molecular complexity index is 1310. The largest absolute Gasteiger partial charge is 0.480 e. The summed E-state index contributed by atoms with van der Waals surface area (Å²) in [5, 5.41) is 11.7. The summed E-state index contributed by atoms with van der Waals surface area (Å²) in [6.45, 7) is 6.46. The van der Waals surface area contributed by atoms with Gasteiger partial charge in [0.15, 0.2) is 0 Å². The second kappa shape index (κ2) is 10.0. The van der Waals surface area contributed by atoms with Crippen molar-refractivity contribution in [2.45, 2.75) is 60.2 Å². The number of nitrogens with two attached hydrogens (primary N) is 2. The quantitative estimate of drug-likeness (QED) is 0.442. The van der Waals surface area contributed by atoms with Gasteiger partial charge >= 0.3 is 0 Å². The minimum atomic E-state index is -1.43. The van der Waals surface area contributed by atoms with Crippen LogP contribution in [0.3, 0.4) is 0 Å². The first-order valence-corrected chi connectivity index (χ1v) is 14.5. The molecular weight excluding hydrogens is 532 g/mol. The van der Waals surface area contributed by atoms with Gasteiger partial charge in [-0.15, -0.1) is 5.10 Å². The van der Waals surface area contributed by atoms with E-state index >= 15 is 0 Å². The highest BCUT2D eigenvalue weighted by atomic mass is 35.5. The monoisotopic (exact) mass is 562 g/mol. The van der Waals surface area contributed by atoms with Crippen LogP contribution in [-0.4, -0.2) is 53.9 Å². The molecule has 1 fully saturated rings. The molecule has 5 rings (SSSR count). The zero-order valence-corrected chi connectivity index (χ0v) is 23.4. The first kappa shape index (κ1) is 26.2. The third-order valence-electron chi connectivity index (χ3n) is 7.59. The number of ether oxygens (including phenoxy) is 1. The van der Waals surface area contributed by atoms with E-state index in [2.05, 4.69) is 29.6 Å². The Morgan fingerprint density at radius 3 is 2.68 bits per heavy atom. The highest BCUT2D eigenvalue weighted by molar-refractivity contribution is 7.99. The zero-order valence-electron chi connectivity index (χ0n) is 21.1. The average Bonchev–Trinajstić information content (AvgIpc) is 3.39. The normalized spacial score (nSPS) is 19.7. The molecule has 0 aromatic carbocycles. The number of hydrogen-bond donors (Lipinski definition) is 2. The van der Waals surface area contributed by atoms with Gasteiger partial charge in [-0.1, -0.05) is 23.4 Å². The van der Waals surface area contributed by atoms with Gasteiger partial charge in [-0.05, 0) is 39.2 Å². The number of pyridine rings is 1. The molecule has 2 aliphatic rings. The van der Waals surface area contributed by atoms with Gasteiger partial charge in [-0.3, -0.25) is 9.82 Å². The van der Waals surface area contributed by atoms with Crippen molar-refractivity contribution >= 4 is 46.0 Å². The molecule has 37 heavy (non-hydrogen) atoms. The van der Waals surface area contributed by atoms with Gasteiger partial charge in [-0.2, -0.15) is 0 Å². The molecule has 0 radical (unpaired) electrons. The average molecular weight is 563 g/mol. The molecular formula is C24H31ClN8O2S2. The van der Waals surface area contributed by atoms with E-state index in [-0.39, 0.29) is 11.3 Å². The predicted octanol–water partition coefficient (Wildman–Crippen LogP) is 3.64. The summed E-state index contributed by atoms with van der Waals surface area (Å²) in [5.41, 5.74) is 6.96. The van der Waals surface area contributed by atoms with E-state index in [0.29, 0.717) is 16.7 Å². The Morgan fingerprint density at radius 2 is 2.03 bits per heavy atom. The number of aromatic nitrogens is 5. The summed E-state index contributed by atoms with van der Waals surface area (Å²) in [6.07, 6.45) is 7.83. The summed E-state index contributed by atoms with van der Waals surface area (Å²) < 4.78 is 19.3. The fourth-order valence-electron chi connectivity index (χ4n) is 5.38. The molecule has 2 aliphatic heterocycles. The Hall–Kier alpha value is -2.41. The van der Waals surface area contributed by atoms with Gasteiger partial charge < -0.3 is 15.4 Å². The Kier molecular flexibility index (Phi) is 7.12. The molecule has 10 nitrogen and oxygen atoms in total. The van der Waals surface area contributed by atoms with Gasteiger partial charge in [0.1, 0.15) is 16.7 Å². The Labute approximate surface area is 228 Å². The van der Waals surface area contributed by atoms with Gasteiger partial charge in [-0.25, -0.2) is 19.2 Å². The lowest BCUT2D eigenvalue weighted by Gasteiger charge is -2.44. The summed E-state index contributed by atoms with van der Waals surface area (Å²) in [7, 11) is 0.199. The van der Waals surface area contributed by atoms with Crippen LogP contribution in [0, 0.1) is 5.41 Å². The Morgan fingerprint density at radius 1 is 1.27 bits per heavy atom. The standard InChI is InChI=1S/C24H31ClN8O2S2/c1-23(2,37(27)34)11-15-16-10-19(35-3)31-33(16)14-24(15)5-8-32(9-6-24)18-12-30-20(13-29-18)36-17-4-7-28-22(26)21(17)25/h4,7,10,12-13,15H,5-6,8-9,11,14,27H2,1-3H3,(H2,26,28)/t15-,37?/m1/s1. The van der Waals surface area contributed by atoms with Gasteiger partial charge in [0.05, 0.1) is 40.3 Å². The third-order valence-corrected chi connectivity index (χ3v) is 10.3. The molecule has 0 aliphatic carbocycles. The van der Waals surface area contributed by atoms with Crippen LogP contribution in [0.25, 0.3) is 0 Å². The lowest BCUT2D eigenvalue weighted by Crippen LogP contribution is -2.45. The first-order valence-electron chi connectivity index (χ1n) is 12.0. The van der Waals surface area contributed by atoms with E-state index in [9.17, 15) is 4.21 Å². The molecule has 0 bridgehead atoms. The number of nitrogens with zero attached hydrogens (tertiary/aromatic N) is 6. The number of nitrogen functional groups attached to an aromatic ring is 1. The van der Waals surface area contributed by atoms with Crippen LogP contribution >= 0.6 is 23.4 Å². The SMILES string of the molecule is COc1cc2n(n1)CC1(CCN(c3cnc(Sc4ccnc(N)c4Cl)cn3)CC1)[C@@H]2CC(C)(C)S(N)=O. The maximum atomic E-state index is 12.3. The van der Waals surface area contributed by atoms with E-state index in [4.69, 9.17) is 27.2 Å². The van der Waals surface area contributed by atoms with Crippen molar-refractivity contribution in [2.75, 3.05) is 30.8 Å². The summed E-state index contributed by atoms with van der Waals surface area (Å²) >= 11 is 7.67. The third kappa shape index (κ3) is 5.04.